The van der Waals surface area contributed by atoms with Crippen LogP contribution in [-0.2, 0) is 25.9 Å². The summed E-state index contributed by atoms with van der Waals surface area (Å²) in [7, 11) is 0. The van der Waals surface area contributed by atoms with Gasteiger partial charge in [0.15, 0.2) is 11.5 Å². The van der Waals surface area contributed by atoms with Crippen LogP contribution in [-0.4, -0.2) is 34.2 Å². The molecule has 0 N–H and O–H groups in total. The number of nitrogens with zero attached hydrogens (tertiary/aromatic N) is 3. The van der Waals surface area contributed by atoms with Gasteiger partial charge in [-0.15, -0.1) is 0 Å². The van der Waals surface area contributed by atoms with E-state index in [2.05, 4.69) is 73.6 Å². The molecular weight excluding hydrogens is 434 g/mol. The number of piperidine rings is 1. The van der Waals surface area contributed by atoms with Crippen LogP contribution in [0.15, 0.2) is 36.4 Å². The molecule has 1 atom stereocenters. The Labute approximate surface area is 210 Å². The molecule has 0 saturated carbocycles. The van der Waals surface area contributed by atoms with Gasteiger partial charge >= 0.3 is 0 Å². The Kier molecular flexibility index (Phi) is 7.14. The molecule has 2 aromatic carbocycles. The van der Waals surface area contributed by atoms with Crippen LogP contribution in [0.5, 0.6) is 11.5 Å². The molecule has 0 amide bonds. The molecule has 186 valence electrons. The van der Waals surface area contributed by atoms with Gasteiger partial charge in [-0.2, -0.15) is 0 Å². The van der Waals surface area contributed by atoms with Crippen LogP contribution in [0.3, 0.4) is 0 Å². The number of fused-ring (bicyclic) bond motifs is 1. The number of benzene rings is 2. The van der Waals surface area contributed by atoms with Gasteiger partial charge < -0.3 is 14.0 Å². The van der Waals surface area contributed by atoms with E-state index in [0.717, 1.165) is 55.5 Å². The second kappa shape index (κ2) is 10.4. The maximum atomic E-state index is 5.90. The van der Waals surface area contributed by atoms with Crippen molar-refractivity contribution in [1.82, 2.24) is 14.5 Å². The maximum absolute atomic E-state index is 5.90. The minimum Gasteiger partial charge on any atom is -0.486 e. The molecule has 5 nitrogen and oxygen atoms in total. The fourth-order valence-corrected chi connectivity index (χ4v) is 5.89. The monoisotopic (exact) mass is 473 g/mol. The second-order valence-electron chi connectivity index (χ2n) is 9.76. The third-order valence-electron chi connectivity index (χ3n) is 7.73. The highest BCUT2D eigenvalue weighted by atomic mass is 16.6. The van der Waals surface area contributed by atoms with Gasteiger partial charge in [0.2, 0.25) is 0 Å². The zero-order valence-corrected chi connectivity index (χ0v) is 21.8. The average Bonchev–Trinajstić information content (AvgIpc) is 3.22. The van der Waals surface area contributed by atoms with Gasteiger partial charge in [0.05, 0.1) is 11.4 Å². The largest absolute Gasteiger partial charge is 0.486 e. The topological polar surface area (TPSA) is 39.5 Å². The number of aryl methyl sites for hydroxylation is 3. The number of rotatable bonds is 7. The average molecular weight is 474 g/mol. The van der Waals surface area contributed by atoms with Crippen LogP contribution >= 0.6 is 0 Å². The molecule has 3 heterocycles. The molecule has 1 saturated heterocycles. The summed E-state index contributed by atoms with van der Waals surface area (Å²) in [5, 5.41) is 0. The predicted molar refractivity (Wildman–Crippen MR) is 141 cm³/mol. The number of hydrogen-bond donors (Lipinski definition) is 0. The number of aromatic nitrogens is 2. The van der Waals surface area contributed by atoms with Gasteiger partial charge in [0.25, 0.3) is 0 Å². The fourth-order valence-electron chi connectivity index (χ4n) is 5.89. The van der Waals surface area contributed by atoms with Crippen molar-refractivity contribution in [1.29, 1.82) is 0 Å². The van der Waals surface area contributed by atoms with Crippen molar-refractivity contribution in [3.63, 3.8) is 0 Å². The number of likely N-dealkylation sites (tertiary alicyclic amines) is 1. The van der Waals surface area contributed by atoms with Crippen LogP contribution < -0.4 is 9.47 Å². The SMILES string of the molecule is CCc1cccc(CC)c1-c1nc(C)c(CN2CCCCC2c2ccc3c(c2)OCCO3)n1CC. The Hall–Kier alpha value is -2.79. The molecular formula is C30H39N3O2. The van der Waals surface area contributed by atoms with Crippen LogP contribution in [0, 0.1) is 6.92 Å². The van der Waals surface area contributed by atoms with Crippen molar-refractivity contribution < 1.29 is 9.47 Å². The molecule has 0 aliphatic carbocycles. The summed E-state index contributed by atoms with van der Waals surface area (Å²) in [4.78, 5) is 7.84. The van der Waals surface area contributed by atoms with Gasteiger partial charge in [0, 0.05) is 24.7 Å². The van der Waals surface area contributed by atoms with Crippen LogP contribution in [0.25, 0.3) is 11.4 Å². The summed E-state index contributed by atoms with van der Waals surface area (Å²) >= 11 is 0. The van der Waals surface area contributed by atoms with Crippen LogP contribution in [0.2, 0.25) is 0 Å². The van der Waals surface area contributed by atoms with E-state index in [1.54, 1.807) is 0 Å². The lowest BCUT2D eigenvalue weighted by Crippen LogP contribution is -2.34. The first-order valence-electron chi connectivity index (χ1n) is 13.4. The van der Waals surface area contributed by atoms with E-state index < -0.39 is 0 Å². The Balaban J connectivity index is 1.50. The summed E-state index contributed by atoms with van der Waals surface area (Å²) in [5.74, 6) is 2.90. The lowest BCUT2D eigenvalue weighted by atomic mass is 9.94. The molecule has 2 aliphatic rings. The quantitative estimate of drug-likeness (QED) is 0.393. The van der Waals surface area contributed by atoms with E-state index in [1.807, 2.05) is 0 Å². The number of ether oxygens (including phenoxy) is 2. The highest BCUT2D eigenvalue weighted by molar-refractivity contribution is 5.66. The van der Waals surface area contributed by atoms with E-state index in [-0.39, 0.29) is 0 Å². The molecule has 3 aromatic rings. The van der Waals surface area contributed by atoms with Crippen molar-refractivity contribution in [3.05, 3.63) is 64.5 Å². The Morgan fingerprint density at radius 2 is 1.69 bits per heavy atom. The first-order chi connectivity index (χ1) is 17.1. The minimum absolute atomic E-state index is 0.386. The van der Waals surface area contributed by atoms with E-state index in [9.17, 15) is 0 Å². The summed E-state index contributed by atoms with van der Waals surface area (Å²) in [6, 6.07) is 13.6. The Bertz CT molecular complexity index is 1160. The first-order valence-corrected chi connectivity index (χ1v) is 13.4. The second-order valence-corrected chi connectivity index (χ2v) is 9.76. The maximum Gasteiger partial charge on any atom is 0.161 e. The molecule has 5 rings (SSSR count). The molecule has 0 spiro atoms. The van der Waals surface area contributed by atoms with Gasteiger partial charge in [0.1, 0.15) is 19.0 Å². The fraction of sp³-hybridized carbons (Fsp3) is 0.500. The standard InChI is InChI=1S/C30H39N3O2/c1-5-22-11-10-12-23(6-2)29(22)30-31-21(4)26(33(30)7-3)20-32-16-9-8-13-25(32)24-14-15-27-28(19-24)35-18-17-34-27/h10-12,14-15,19,25H,5-9,13,16-18,20H2,1-4H3. The highest BCUT2D eigenvalue weighted by Crippen LogP contribution is 2.39. The van der Waals surface area contributed by atoms with E-state index >= 15 is 0 Å². The number of imidazole rings is 1. The summed E-state index contributed by atoms with van der Waals surface area (Å²) < 4.78 is 14.1. The summed E-state index contributed by atoms with van der Waals surface area (Å²) in [6.07, 6.45) is 5.71. The lowest BCUT2D eigenvalue weighted by Gasteiger charge is -2.36. The van der Waals surface area contributed by atoms with E-state index in [0.29, 0.717) is 19.3 Å². The van der Waals surface area contributed by atoms with Crippen molar-refractivity contribution in [2.75, 3.05) is 19.8 Å². The van der Waals surface area contributed by atoms with Gasteiger partial charge in [-0.05, 0) is 74.9 Å². The van der Waals surface area contributed by atoms with Crippen LogP contribution in [0.4, 0.5) is 0 Å². The molecule has 1 aromatic heterocycles. The Morgan fingerprint density at radius 3 is 2.40 bits per heavy atom. The third-order valence-corrected chi connectivity index (χ3v) is 7.73. The molecule has 2 aliphatic heterocycles. The van der Waals surface area contributed by atoms with Crippen molar-refractivity contribution >= 4 is 0 Å². The summed E-state index contributed by atoms with van der Waals surface area (Å²) in [5.41, 5.74) is 7.96. The molecule has 0 radical (unpaired) electrons. The lowest BCUT2D eigenvalue weighted by molar-refractivity contribution is 0.135. The minimum atomic E-state index is 0.386. The zero-order valence-electron chi connectivity index (χ0n) is 21.8. The van der Waals surface area contributed by atoms with Gasteiger partial charge in [-0.1, -0.05) is 44.5 Å². The first kappa shape index (κ1) is 23.9. The predicted octanol–water partition coefficient (Wildman–Crippen LogP) is 6.50. The van der Waals surface area contributed by atoms with Gasteiger partial charge in [-0.25, -0.2) is 4.98 Å². The normalized spacial score (nSPS) is 18.1. The van der Waals surface area contributed by atoms with Crippen molar-refractivity contribution in [3.8, 4) is 22.9 Å². The highest BCUT2D eigenvalue weighted by Gasteiger charge is 2.28. The summed E-state index contributed by atoms with van der Waals surface area (Å²) in [6.45, 7) is 13.1. The van der Waals surface area contributed by atoms with Crippen molar-refractivity contribution in [2.24, 2.45) is 0 Å². The zero-order chi connectivity index (χ0) is 24.4. The number of hydrogen-bond acceptors (Lipinski definition) is 4. The van der Waals surface area contributed by atoms with Gasteiger partial charge in [-0.3, -0.25) is 4.90 Å². The van der Waals surface area contributed by atoms with E-state index in [4.69, 9.17) is 14.5 Å². The van der Waals surface area contributed by atoms with Crippen LogP contribution in [0.1, 0.15) is 74.2 Å². The Morgan fingerprint density at radius 1 is 0.943 bits per heavy atom. The van der Waals surface area contributed by atoms with Crippen molar-refractivity contribution in [2.45, 2.75) is 78.9 Å². The molecule has 35 heavy (non-hydrogen) atoms. The molecule has 1 unspecified atom stereocenters. The molecule has 5 heteroatoms. The molecule has 0 bridgehead atoms. The smallest absolute Gasteiger partial charge is 0.161 e. The third kappa shape index (κ3) is 4.58. The van der Waals surface area contributed by atoms with E-state index in [1.165, 1.54) is 47.2 Å². The molecule has 1 fully saturated rings.